The zero-order valence-corrected chi connectivity index (χ0v) is 11.1. The van der Waals surface area contributed by atoms with E-state index in [1.54, 1.807) is 7.05 Å². The maximum Gasteiger partial charge on any atom is 0.243 e. The molecule has 1 aliphatic heterocycles. The minimum Gasteiger partial charge on any atom is -0.314 e. The smallest absolute Gasteiger partial charge is 0.243 e. The molecule has 4 nitrogen and oxygen atoms in total. The summed E-state index contributed by atoms with van der Waals surface area (Å²) in [7, 11) is 1.60. The summed E-state index contributed by atoms with van der Waals surface area (Å²) in [5.74, 6) is -0.811. The average molecular weight is 282 g/mol. The summed E-state index contributed by atoms with van der Waals surface area (Å²) in [4.78, 5) is 13.6. The summed E-state index contributed by atoms with van der Waals surface area (Å²) in [6.07, 6.45) is 0.495. The van der Waals surface area contributed by atoms with Gasteiger partial charge >= 0.3 is 0 Å². The highest BCUT2D eigenvalue weighted by atomic mass is 35.5. The monoisotopic (exact) mass is 281 g/mol. The van der Waals surface area contributed by atoms with Crippen LogP contribution < -0.4 is 10.2 Å². The Morgan fingerprint density at radius 2 is 2.37 bits per heavy atom. The van der Waals surface area contributed by atoms with E-state index in [4.69, 9.17) is 16.9 Å². The topological polar surface area (TPSA) is 56.1 Å². The lowest BCUT2D eigenvalue weighted by molar-refractivity contribution is -0.120. The molecule has 0 saturated carbocycles. The van der Waals surface area contributed by atoms with Crippen molar-refractivity contribution in [3.63, 3.8) is 0 Å². The maximum atomic E-state index is 13.1. The second-order valence-corrected chi connectivity index (χ2v) is 4.93. The number of amides is 1. The van der Waals surface area contributed by atoms with Gasteiger partial charge < -0.3 is 10.2 Å². The Balaban J connectivity index is 2.11. The molecule has 0 unspecified atom stereocenters. The third kappa shape index (κ3) is 2.86. The van der Waals surface area contributed by atoms with Crippen LogP contribution in [0, 0.1) is 23.1 Å². The molecule has 1 aliphatic rings. The summed E-state index contributed by atoms with van der Waals surface area (Å²) < 4.78 is 13.1. The number of carbonyl (C=O) groups excluding carboxylic acids is 1. The van der Waals surface area contributed by atoms with Crippen LogP contribution in [-0.2, 0) is 4.79 Å². The predicted octanol–water partition coefficient (Wildman–Crippen LogP) is 1.94. The van der Waals surface area contributed by atoms with Gasteiger partial charge in [0.1, 0.15) is 5.82 Å². The molecule has 0 aliphatic carbocycles. The zero-order valence-electron chi connectivity index (χ0n) is 10.4. The van der Waals surface area contributed by atoms with Crippen LogP contribution in [0.15, 0.2) is 18.2 Å². The Morgan fingerprint density at radius 3 is 2.95 bits per heavy atom. The van der Waals surface area contributed by atoms with E-state index >= 15 is 0 Å². The summed E-state index contributed by atoms with van der Waals surface area (Å²) in [5.41, 5.74) is 0.526. The Labute approximate surface area is 115 Å². The van der Waals surface area contributed by atoms with E-state index in [2.05, 4.69) is 11.4 Å². The molecule has 0 bridgehead atoms. The molecular formula is C13H13ClFN3O. The highest BCUT2D eigenvalue weighted by Crippen LogP contribution is 2.23. The highest BCUT2D eigenvalue weighted by Gasteiger charge is 2.31. The summed E-state index contributed by atoms with van der Waals surface area (Å²) in [6, 6.07) is 5.89. The molecule has 0 aromatic heterocycles. The van der Waals surface area contributed by atoms with Gasteiger partial charge in [-0.15, -0.1) is 0 Å². The SMILES string of the molecule is CN(C(=O)[C@@H]1C[C@H](C#N)CN1)c1ccc(F)c(Cl)c1. The first-order valence-electron chi connectivity index (χ1n) is 5.88. The normalized spacial score (nSPS) is 22.0. The molecule has 1 fully saturated rings. The number of hydrogen-bond donors (Lipinski definition) is 1. The number of benzene rings is 1. The summed E-state index contributed by atoms with van der Waals surface area (Å²) in [6.45, 7) is 0.519. The number of anilines is 1. The lowest BCUT2D eigenvalue weighted by Gasteiger charge is -2.21. The number of halogens is 2. The van der Waals surface area contributed by atoms with Crippen LogP contribution in [0.3, 0.4) is 0 Å². The molecule has 1 N–H and O–H groups in total. The predicted molar refractivity (Wildman–Crippen MR) is 70.3 cm³/mol. The Hall–Kier alpha value is -1.64. The van der Waals surface area contributed by atoms with E-state index in [1.807, 2.05) is 0 Å². The quantitative estimate of drug-likeness (QED) is 0.901. The minimum absolute atomic E-state index is 0.0218. The number of hydrogen-bond acceptors (Lipinski definition) is 3. The average Bonchev–Trinajstić information content (AvgIpc) is 2.89. The second kappa shape index (κ2) is 5.55. The van der Waals surface area contributed by atoms with Crippen LogP contribution in [0.5, 0.6) is 0 Å². The molecule has 2 atom stereocenters. The van der Waals surface area contributed by atoms with Gasteiger partial charge in [0.2, 0.25) is 5.91 Å². The lowest BCUT2D eigenvalue weighted by atomic mass is 10.1. The van der Waals surface area contributed by atoms with E-state index < -0.39 is 5.82 Å². The van der Waals surface area contributed by atoms with Crippen LogP contribution in [0.2, 0.25) is 5.02 Å². The van der Waals surface area contributed by atoms with Gasteiger partial charge in [-0.05, 0) is 24.6 Å². The second-order valence-electron chi connectivity index (χ2n) is 4.52. The van der Waals surface area contributed by atoms with Crippen molar-refractivity contribution in [2.24, 2.45) is 5.92 Å². The first-order chi connectivity index (χ1) is 9.02. The molecule has 1 aromatic carbocycles. The molecule has 2 rings (SSSR count). The van der Waals surface area contributed by atoms with Crippen molar-refractivity contribution in [3.8, 4) is 6.07 Å². The summed E-state index contributed by atoms with van der Waals surface area (Å²) in [5, 5.41) is 11.8. The molecule has 6 heteroatoms. The maximum absolute atomic E-state index is 13.1. The van der Waals surface area contributed by atoms with E-state index in [-0.39, 0.29) is 22.9 Å². The highest BCUT2D eigenvalue weighted by molar-refractivity contribution is 6.31. The largest absolute Gasteiger partial charge is 0.314 e. The number of likely N-dealkylation sites (N-methyl/N-ethyl adjacent to an activating group) is 1. The number of rotatable bonds is 2. The van der Waals surface area contributed by atoms with Gasteiger partial charge in [0.15, 0.2) is 0 Å². The minimum atomic E-state index is -0.519. The number of nitrogens with one attached hydrogen (secondary N) is 1. The first-order valence-corrected chi connectivity index (χ1v) is 6.26. The number of carbonyl (C=O) groups is 1. The van der Waals surface area contributed by atoms with Crippen LogP contribution in [0.4, 0.5) is 10.1 Å². The Morgan fingerprint density at radius 1 is 1.63 bits per heavy atom. The molecule has 0 radical (unpaired) electrons. The molecule has 19 heavy (non-hydrogen) atoms. The fourth-order valence-electron chi connectivity index (χ4n) is 2.08. The number of nitrogens with zero attached hydrogens (tertiary/aromatic N) is 2. The molecule has 1 aromatic rings. The van der Waals surface area contributed by atoms with Gasteiger partial charge in [0, 0.05) is 19.3 Å². The van der Waals surface area contributed by atoms with Crippen LogP contribution in [0.25, 0.3) is 0 Å². The van der Waals surface area contributed by atoms with E-state index in [9.17, 15) is 9.18 Å². The summed E-state index contributed by atoms with van der Waals surface area (Å²) >= 11 is 5.70. The van der Waals surface area contributed by atoms with Crippen molar-refractivity contribution in [2.75, 3.05) is 18.5 Å². The van der Waals surface area contributed by atoms with Gasteiger partial charge in [-0.2, -0.15) is 5.26 Å². The van der Waals surface area contributed by atoms with Crippen molar-refractivity contribution in [2.45, 2.75) is 12.5 Å². The van der Waals surface area contributed by atoms with Gasteiger partial charge in [-0.3, -0.25) is 4.79 Å². The molecule has 0 spiro atoms. The standard InChI is InChI=1S/C13H13ClFN3O/c1-18(9-2-3-11(15)10(14)5-9)13(19)12-4-8(6-16)7-17-12/h2-3,5,8,12,17H,4,7H2,1H3/t8-,12+/m1/s1. The van der Waals surface area contributed by atoms with Gasteiger partial charge in [0.25, 0.3) is 0 Å². The van der Waals surface area contributed by atoms with Crippen molar-refractivity contribution in [3.05, 3.63) is 29.0 Å². The van der Waals surface area contributed by atoms with Crippen molar-refractivity contribution in [1.29, 1.82) is 5.26 Å². The fourth-order valence-corrected chi connectivity index (χ4v) is 2.25. The fraction of sp³-hybridized carbons (Fsp3) is 0.385. The third-order valence-electron chi connectivity index (χ3n) is 3.23. The van der Waals surface area contributed by atoms with E-state index in [0.717, 1.165) is 0 Å². The van der Waals surface area contributed by atoms with E-state index in [1.165, 1.54) is 23.1 Å². The van der Waals surface area contributed by atoms with Crippen molar-refractivity contribution >= 4 is 23.2 Å². The van der Waals surface area contributed by atoms with Crippen LogP contribution >= 0.6 is 11.6 Å². The van der Waals surface area contributed by atoms with Crippen molar-refractivity contribution in [1.82, 2.24) is 5.32 Å². The Bertz CT molecular complexity index is 543. The number of nitriles is 1. The first kappa shape index (κ1) is 13.8. The molecule has 1 saturated heterocycles. The third-order valence-corrected chi connectivity index (χ3v) is 3.52. The van der Waals surface area contributed by atoms with Gasteiger partial charge in [0.05, 0.1) is 23.1 Å². The van der Waals surface area contributed by atoms with Gasteiger partial charge in [-0.25, -0.2) is 4.39 Å². The zero-order chi connectivity index (χ0) is 14.0. The molecular weight excluding hydrogens is 269 g/mol. The lowest BCUT2D eigenvalue weighted by Crippen LogP contribution is -2.41. The van der Waals surface area contributed by atoms with Crippen LogP contribution in [0.1, 0.15) is 6.42 Å². The van der Waals surface area contributed by atoms with Crippen molar-refractivity contribution < 1.29 is 9.18 Å². The van der Waals surface area contributed by atoms with Crippen LogP contribution in [-0.4, -0.2) is 25.5 Å². The van der Waals surface area contributed by atoms with E-state index in [0.29, 0.717) is 18.7 Å². The molecule has 100 valence electrons. The van der Waals surface area contributed by atoms with Gasteiger partial charge in [-0.1, -0.05) is 11.6 Å². The Kier molecular flexibility index (Phi) is 4.03. The molecule has 1 heterocycles. The molecule has 1 amide bonds.